The van der Waals surface area contributed by atoms with Crippen molar-refractivity contribution in [2.75, 3.05) is 0 Å². The largest absolute Gasteiger partial charge is 0.425 e. The molecule has 1 heterocycles. The second kappa shape index (κ2) is 3.42. The van der Waals surface area contributed by atoms with E-state index in [1.54, 1.807) is 0 Å². The normalized spacial score (nSPS) is 17.9. The first kappa shape index (κ1) is 10.0. The maximum absolute atomic E-state index is 11.6. The van der Waals surface area contributed by atoms with Crippen molar-refractivity contribution in [3.8, 4) is 5.75 Å². The highest BCUT2D eigenvalue weighted by Gasteiger charge is 2.36. The van der Waals surface area contributed by atoms with Gasteiger partial charge in [0.1, 0.15) is 17.5 Å². The van der Waals surface area contributed by atoms with E-state index in [-0.39, 0.29) is 5.78 Å². The van der Waals surface area contributed by atoms with Crippen LogP contribution in [0.5, 0.6) is 5.75 Å². The zero-order chi connectivity index (χ0) is 12.0. The summed E-state index contributed by atoms with van der Waals surface area (Å²) < 4.78 is 5.13. The summed E-state index contributed by atoms with van der Waals surface area (Å²) in [6.45, 7) is 1.41. The molecule has 1 atom stereocenters. The molecule has 0 saturated carbocycles. The zero-order valence-electron chi connectivity index (χ0n) is 9.27. The molecule has 0 radical (unpaired) electrons. The third kappa shape index (κ3) is 1.43. The molecule has 0 saturated heterocycles. The molecule has 2 aromatic rings. The Balaban J connectivity index is 2.27. The van der Waals surface area contributed by atoms with Crippen LogP contribution in [0.25, 0.3) is 10.8 Å². The van der Waals surface area contributed by atoms with E-state index in [0.29, 0.717) is 11.3 Å². The molecule has 17 heavy (non-hydrogen) atoms. The lowest BCUT2D eigenvalue weighted by Gasteiger charge is -2.03. The summed E-state index contributed by atoms with van der Waals surface area (Å²) in [5.41, 5.74) is 0.682. The molecule has 1 unspecified atom stereocenters. The third-order valence-electron chi connectivity index (χ3n) is 3.04. The van der Waals surface area contributed by atoms with Crippen LogP contribution < -0.4 is 4.74 Å². The molecule has 1 aliphatic heterocycles. The van der Waals surface area contributed by atoms with Crippen LogP contribution >= 0.6 is 0 Å². The predicted molar refractivity (Wildman–Crippen MR) is 63.0 cm³/mol. The maximum atomic E-state index is 11.6. The lowest BCUT2D eigenvalue weighted by atomic mass is 9.95. The number of esters is 1. The Morgan fingerprint density at radius 1 is 1.18 bits per heavy atom. The van der Waals surface area contributed by atoms with Crippen molar-refractivity contribution in [1.82, 2.24) is 0 Å². The number of ketones is 1. The van der Waals surface area contributed by atoms with Crippen molar-refractivity contribution in [3.05, 3.63) is 42.0 Å². The van der Waals surface area contributed by atoms with Crippen LogP contribution in [0.15, 0.2) is 36.4 Å². The van der Waals surface area contributed by atoms with Gasteiger partial charge in [0.05, 0.1) is 0 Å². The number of hydrogen-bond donors (Lipinski definition) is 0. The van der Waals surface area contributed by atoms with E-state index in [1.807, 2.05) is 36.4 Å². The maximum Gasteiger partial charge on any atom is 0.326 e. The SMILES string of the molecule is CC(=O)C1C(=O)Oc2cc3ccccc3cc21. The monoisotopic (exact) mass is 226 g/mol. The van der Waals surface area contributed by atoms with E-state index in [9.17, 15) is 9.59 Å². The van der Waals surface area contributed by atoms with Crippen LogP contribution in [0, 0.1) is 0 Å². The predicted octanol–water partition coefficient (Wildman–Crippen LogP) is 2.43. The summed E-state index contributed by atoms with van der Waals surface area (Å²) in [4.78, 5) is 23.1. The second-order valence-electron chi connectivity index (χ2n) is 4.20. The Labute approximate surface area is 98.0 Å². The van der Waals surface area contributed by atoms with Crippen LogP contribution in [-0.4, -0.2) is 11.8 Å². The molecule has 3 heteroatoms. The van der Waals surface area contributed by atoms with Gasteiger partial charge in [0, 0.05) is 5.56 Å². The van der Waals surface area contributed by atoms with Gasteiger partial charge in [0.15, 0.2) is 0 Å². The van der Waals surface area contributed by atoms with Crippen molar-refractivity contribution in [2.45, 2.75) is 12.8 Å². The molecule has 0 aliphatic carbocycles. The van der Waals surface area contributed by atoms with Gasteiger partial charge >= 0.3 is 5.97 Å². The Morgan fingerprint density at radius 2 is 1.82 bits per heavy atom. The molecule has 0 aromatic heterocycles. The number of rotatable bonds is 1. The summed E-state index contributed by atoms with van der Waals surface area (Å²) >= 11 is 0. The molecule has 2 aromatic carbocycles. The van der Waals surface area contributed by atoms with Gasteiger partial charge < -0.3 is 4.74 Å². The minimum absolute atomic E-state index is 0.177. The van der Waals surface area contributed by atoms with Gasteiger partial charge in [-0.15, -0.1) is 0 Å². The van der Waals surface area contributed by atoms with Crippen molar-refractivity contribution in [2.24, 2.45) is 0 Å². The van der Waals surface area contributed by atoms with Crippen LogP contribution in [0.4, 0.5) is 0 Å². The first-order chi connectivity index (χ1) is 8.16. The summed E-state index contributed by atoms with van der Waals surface area (Å²) in [6.07, 6.45) is 0. The Hall–Kier alpha value is -2.16. The Bertz CT molecular complexity index is 643. The molecule has 3 nitrogen and oxygen atoms in total. The zero-order valence-corrected chi connectivity index (χ0v) is 9.27. The molecule has 1 aliphatic rings. The number of ether oxygens (including phenoxy) is 1. The van der Waals surface area contributed by atoms with Crippen molar-refractivity contribution in [3.63, 3.8) is 0 Å². The quantitative estimate of drug-likeness (QED) is 0.426. The summed E-state index contributed by atoms with van der Waals surface area (Å²) in [7, 11) is 0. The average Bonchev–Trinajstić information content (AvgIpc) is 2.60. The number of fused-ring (bicyclic) bond motifs is 2. The molecule has 84 valence electrons. The standard InChI is InChI=1S/C14H10O3/c1-8(15)13-11-6-9-4-2-3-5-10(9)7-12(11)17-14(13)16/h2-7,13H,1H3. The minimum Gasteiger partial charge on any atom is -0.425 e. The number of carbonyl (C=O) groups excluding carboxylic acids is 2. The third-order valence-corrected chi connectivity index (χ3v) is 3.04. The molecule has 0 amide bonds. The fourth-order valence-corrected chi connectivity index (χ4v) is 2.23. The minimum atomic E-state index is -0.755. The number of hydrogen-bond acceptors (Lipinski definition) is 3. The highest BCUT2D eigenvalue weighted by Crippen LogP contribution is 2.38. The van der Waals surface area contributed by atoms with Crippen molar-refractivity contribution >= 4 is 22.5 Å². The van der Waals surface area contributed by atoms with Crippen LogP contribution in [0.2, 0.25) is 0 Å². The second-order valence-corrected chi connectivity index (χ2v) is 4.20. The van der Waals surface area contributed by atoms with Gasteiger partial charge in [0.2, 0.25) is 0 Å². The molecule has 0 bridgehead atoms. The van der Waals surface area contributed by atoms with Gasteiger partial charge in [-0.05, 0) is 29.8 Å². The first-order valence-electron chi connectivity index (χ1n) is 5.41. The van der Waals surface area contributed by atoms with Gasteiger partial charge in [-0.1, -0.05) is 24.3 Å². The van der Waals surface area contributed by atoms with E-state index in [1.165, 1.54) is 6.92 Å². The van der Waals surface area contributed by atoms with Gasteiger partial charge in [0.25, 0.3) is 0 Å². The van der Waals surface area contributed by atoms with Crippen LogP contribution in [0.1, 0.15) is 18.4 Å². The van der Waals surface area contributed by atoms with Crippen molar-refractivity contribution in [1.29, 1.82) is 0 Å². The Kier molecular flexibility index (Phi) is 2.01. The lowest BCUT2D eigenvalue weighted by molar-refractivity contribution is -0.137. The summed E-state index contributed by atoms with van der Waals surface area (Å²) in [6, 6.07) is 11.4. The van der Waals surface area contributed by atoms with Gasteiger partial charge in [-0.25, -0.2) is 0 Å². The van der Waals surface area contributed by atoms with Crippen molar-refractivity contribution < 1.29 is 14.3 Å². The molecule has 0 N–H and O–H groups in total. The highest BCUT2D eigenvalue weighted by atomic mass is 16.5. The van der Waals surface area contributed by atoms with E-state index < -0.39 is 11.9 Å². The Morgan fingerprint density at radius 3 is 2.47 bits per heavy atom. The fraction of sp³-hybridized carbons (Fsp3) is 0.143. The van der Waals surface area contributed by atoms with Gasteiger partial charge in [-0.3, -0.25) is 9.59 Å². The number of carbonyl (C=O) groups is 2. The average molecular weight is 226 g/mol. The molecule has 3 rings (SSSR count). The molecule has 0 fully saturated rings. The van der Waals surface area contributed by atoms with Gasteiger partial charge in [-0.2, -0.15) is 0 Å². The van der Waals surface area contributed by atoms with E-state index >= 15 is 0 Å². The smallest absolute Gasteiger partial charge is 0.326 e. The van der Waals surface area contributed by atoms with E-state index in [4.69, 9.17) is 4.74 Å². The lowest BCUT2D eigenvalue weighted by Crippen LogP contribution is -2.17. The molecular weight excluding hydrogens is 216 g/mol. The summed E-state index contributed by atoms with van der Waals surface area (Å²) in [5, 5.41) is 2.01. The molecular formula is C14H10O3. The van der Waals surface area contributed by atoms with E-state index in [2.05, 4.69) is 0 Å². The first-order valence-corrected chi connectivity index (χ1v) is 5.41. The number of Topliss-reactive ketones (excluding diaryl/α,β-unsaturated/α-hetero) is 1. The topological polar surface area (TPSA) is 43.4 Å². The molecule has 0 spiro atoms. The fourth-order valence-electron chi connectivity index (χ4n) is 2.23. The summed E-state index contributed by atoms with van der Waals surface area (Å²) in [5.74, 6) is -0.893. The highest BCUT2D eigenvalue weighted by molar-refractivity contribution is 6.08. The van der Waals surface area contributed by atoms with Crippen LogP contribution in [0.3, 0.4) is 0 Å². The van der Waals surface area contributed by atoms with E-state index in [0.717, 1.165) is 10.8 Å². The number of benzene rings is 2. The van der Waals surface area contributed by atoms with Crippen LogP contribution in [-0.2, 0) is 9.59 Å².